The zero-order valence-electron chi connectivity index (χ0n) is 28.0. The second kappa shape index (κ2) is 12.0. The highest BCUT2D eigenvalue weighted by atomic mass is 32.1. The predicted molar refractivity (Wildman–Crippen MR) is 220 cm³/mol. The summed E-state index contributed by atoms with van der Waals surface area (Å²) < 4.78 is 10.9. The molecular weight excluding hydrogens is 689 g/mol. The van der Waals surface area contributed by atoms with Gasteiger partial charge in [-0.25, -0.2) is 19.9 Å². The van der Waals surface area contributed by atoms with Crippen LogP contribution in [0.1, 0.15) is 0 Å². The van der Waals surface area contributed by atoms with Crippen LogP contribution in [0.2, 0.25) is 0 Å². The number of hydrogen-bond donors (Lipinski definition) is 0. The Bertz CT molecular complexity index is 3150. The molecule has 11 aromatic rings. The molecule has 7 aromatic carbocycles. The first-order valence-electron chi connectivity index (χ1n) is 17.4. The molecule has 0 aliphatic carbocycles. The van der Waals surface area contributed by atoms with E-state index in [2.05, 4.69) is 120 Å². The molecule has 0 atom stereocenters. The summed E-state index contributed by atoms with van der Waals surface area (Å²) in [4.78, 5) is 20.2. The molecule has 0 unspecified atom stereocenters. The van der Waals surface area contributed by atoms with Crippen molar-refractivity contribution < 1.29 is 4.42 Å². The van der Waals surface area contributed by atoms with Crippen LogP contribution in [0.4, 0.5) is 0 Å². The van der Waals surface area contributed by atoms with Gasteiger partial charge < -0.3 is 4.42 Å². The summed E-state index contributed by atoms with van der Waals surface area (Å²) in [6.07, 6.45) is 0. The van der Waals surface area contributed by atoms with E-state index in [0.717, 1.165) is 49.2 Å². The fourth-order valence-electron chi connectivity index (χ4n) is 7.25. The Morgan fingerprint density at radius 3 is 1.94 bits per heavy atom. The van der Waals surface area contributed by atoms with Crippen molar-refractivity contribution in [3.05, 3.63) is 158 Å². The molecule has 7 heteroatoms. The second-order valence-electron chi connectivity index (χ2n) is 13.0. The molecule has 0 aliphatic rings. The number of thiophene rings is 2. The Balaban J connectivity index is 1.04. The molecule has 0 aliphatic heterocycles. The minimum Gasteiger partial charge on any atom is -0.436 e. The quantitative estimate of drug-likeness (QED) is 0.178. The highest BCUT2D eigenvalue weighted by Crippen LogP contribution is 2.43. The minimum absolute atomic E-state index is 0.627. The largest absolute Gasteiger partial charge is 0.436 e. The summed E-state index contributed by atoms with van der Waals surface area (Å²) in [6.45, 7) is 0. The van der Waals surface area contributed by atoms with Crippen LogP contribution in [0, 0.1) is 0 Å². The number of rotatable bonds is 5. The van der Waals surface area contributed by atoms with Gasteiger partial charge in [-0.2, -0.15) is 0 Å². The van der Waals surface area contributed by atoms with E-state index in [4.69, 9.17) is 19.4 Å². The van der Waals surface area contributed by atoms with Crippen molar-refractivity contribution in [1.29, 1.82) is 0 Å². The van der Waals surface area contributed by atoms with Crippen LogP contribution in [0.3, 0.4) is 0 Å². The zero-order chi connectivity index (χ0) is 34.9. The van der Waals surface area contributed by atoms with Crippen molar-refractivity contribution in [1.82, 2.24) is 19.9 Å². The van der Waals surface area contributed by atoms with Gasteiger partial charge in [0.1, 0.15) is 5.52 Å². The maximum Gasteiger partial charge on any atom is 0.227 e. The summed E-state index contributed by atoms with van der Waals surface area (Å²) in [7, 11) is 0. The number of para-hydroxylation sites is 2. The van der Waals surface area contributed by atoms with E-state index in [1.54, 1.807) is 22.7 Å². The molecule has 0 N–H and O–H groups in total. The maximum atomic E-state index is 6.02. The van der Waals surface area contributed by atoms with Gasteiger partial charge >= 0.3 is 0 Å². The standard InChI is InChI=1S/C46H26N4OS2/c1-2-10-28(11-3-1)43-48-44(33-14-9-19-40-41(33)32-12-4-7-18-38(32)52-40)50-45(49-43)34-15-8-13-31-35-26-30(24-25-39(35)53-42(31)34)27-20-22-29(23-21-27)46-47-36-16-5-6-17-37(36)51-46/h1-26H. The van der Waals surface area contributed by atoms with Crippen LogP contribution >= 0.6 is 22.7 Å². The third-order valence-electron chi connectivity index (χ3n) is 9.81. The number of benzene rings is 7. The van der Waals surface area contributed by atoms with Gasteiger partial charge in [0, 0.05) is 62.6 Å². The van der Waals surface area contributed by atoms with Gasteiger partial charge in [-0.15, -0.1) is 22.7 Å². The van der Waals surface area contributed by atoms with Gasteiger partial charge in [0.15, 0.2) is 23.1 Å². The first kappa shape index (κ1) is 30.1. The third kappa shape index (κ3) is 5.04. The molecular formula is C46H26N4OS2. The average molecular weight is 715 g/mol. The van der Waals surface area contributed by atoms with Crippen LogP contribution in [0.5, 0.6) is 0 Å². The van der Waals surface area contributed by atoms with E-state index < -0.39 is 0 Å². The van der Waals surface area contributed by atoms with E-state index in [0.29, 0.717) is 23.4 Å². The molecule has 53 heavy (non-hydrogen) atoms. The van der Waals surface area contributed by atoms with Gasteiger partial charge in [-0.1, -0.05) is 103 Å². The topological polar surface area (TPSA) is 64.7 Å². The second-order valence-corrected chi connectivity index (χ2v) is 15.1. The molecule has 0 spiro atoms. The smallest absolute Gasteiger partial charge is 0.227 e. The number of nitrogens with zero attached hydrogens (tertiary/aromatic N) is 4. The van der Waals surface area contributed by atoms with Crippen molar-refractivity contribution in [3.63, 3.8) is 0 Å². The van der Waals surface area contributed by atoms with Gasteiger partial charge in [-0.3, -0.25) is 0 Å². The first-order valence-corrected chi connectivity index (χ1v) is 19.0. The summed E-state index contributed by atoms with van der Waals surface area (Å²) >= 11 is 3.58. The lowest BCUT2D eigenvalue weighted by Crippen LogP contribution is -2.00. The Kier molecular flexibility index (Phi) is 6.83. The number of fused-ring (bicyclic) bond motifs is 7. The minimum atomic E-state index is 0.627. The summed E-state index contributed by atoms with van der Waals surface area (Å²) in [5.41, 5.74) is 7.84. The highest BCUT2D eigenvalue weighted by molar-refractivity contribution is 7.26. The maximum absolute atomic E-state index is 6.02. The molecule has 0 saturated heterocycles. The Morgan fingerprint density at radius 2 is 1.06 bits per heavy atom. The van der Waals surface area contributed by atoms with E-state index >= 15 is 0 Å². The molecule has 0 saturated carbocycles. The normalized spacial score (nSPS) is 11.8. The Morgan fingerprint density at radius 1 is 0.396 bits per heavy atom. The zero-order valence-corrected chi connectivity index (χ0v) is 29.7. The van der Waals surface area contributed by atoms with Crippen molar-refractivity contribution in [3.8, 4) is 56.7 Å². The molecule has 0 amide bonds. The molecule has 0 radical (unpaired) electrons. The molecule has 0 fully saturated rings. The Labute approximate surface area is 311 Å². The Hall–Kier alpha value is -6.54. The SMILES string of the molecule is c1ccc(-c2nc(-c3cccc4c3sc3ccc(-c5ccc(-c6nc7ccccc7o6)cc5)cc34)nc(-c3cccc4sc5ccccc5c34)n2)cc1. The fourth-order valence-corrected chi connectivity index (χ4v) is 9.57. The monoisotopic (exact) mass is 714 g/mol. The van der Waals surface area contributed by atoms with Crippen LogP contribution in [0.15, 0.2) is 162 Å². The van der Waals surface area contributed by atoms with Crippen molar-refractivity contribution in [2.75, 3.05) is 0 Å². The van der Waals surface area contributed by atoms with Gasteiger partial charge in [0.25, 0.3) is 0 Å². The van der Waals surface area contributed by atoms with Crippen LogP contribution in [-0.2, 0) is 0 Å². The lowest BCUT2D eigenvalue weighted by Gasteiger charge is -2.10. The van der Waals surface area contributed by atoms with Crippen molar-refractivity contribution >= 4 is 74.1 Å². The van der Waals surface area contributed by atoms with Crippen LogP contribution in [-0.4, -0.2) is 19.9 Å². The summed E-state index contributed by atoms with van der Waals surface area (Å²) in [5, 5.41) is 4.79. The summed E-state index contributed by atoms with van der Waals surface area (Å²) in [5.74, 6) is 2.62. The molecule has 11 rings (SSSR count). The van der Waals surface area contributed by atoms with Crippen molar-refractivity contribution in [2.24, 2.45) is 0 Å². The lowest BCUT2D eigenvalue weighted by molar-refractivity contribution is 0.620. The lowest BCUT2D eigenvalue weighted by atomic mass is 10.0. The highest BCUT2D eigenvalue weighted by Gasteiger charge is 2.19. The van der Waals surface area contributed by atoms with E-state index in [1.807, 2.05) is 42.5 Å². The van der Waals surface area contributed by atoms with Crippen LogP contribution in [0.25, 0.3) is 108 Å². The van der Waals surface area contributed by atoms with Gasteiger partial charge in [0.05, 0.1) is 0 Å². The average Bonchev–Trinajstić information content (AvgIpc) is 3.94. The van der Waals surface area contributed by atoms with Gasteiger partial charge in [-0.05, 0) is 65.7 Å². The predicted octanol–water partition coefficient (Wildman–Crippen LogP) is 13.1. The summed E-state index contributed by atoms with van der Waals surface area (Å²) in [6, 6.07) is 54.6. The van der Waals surface area contributed by atoms with E-state index in [9.17, 15) is 0 Å². The molecule has 4 aromatic heterocycles. The van der Waals surface area contributed by atoms with Crippen LogP contribution < -0.4 is 0 Å². The van der Waals surface area contributed by atoms with Crippen molar-refractivity contribution in [2.45, 2.75) is 0 Å². The third-order valence-corrected chi connectivity index (χ3v) is 12.2. The molecule has 0 bridgehead atoms. The van der Waals surface area contributed by atoms with E-state index in [1.165, 1.54) is 35.6 Å². The fraction of sp³-hybridized carbons (Fsp3) is 0. The number of aromatic nitrogens is 4. The van der Waals surface area contributed by atoms with Gasteiger partial charge in [0.2, 0.25) is 5.89 Å². The first-order chi connectivity index (χ1) is 26.2. The van der Waals surface area contributed by atoms with E-state index in [-0.39, 0.29) is 0 Å². The molecule has 5 nitrogen and oxygen atoms in total. The molecule has 4 heterocycles. The number of oxazole rings is 1. The number of hydrogen-bond acceptors (Lipinski definition) is 7. The molecule has 248 valence electrons.